The number of nitrogens with zero attached hydrogens (tertiary/aromatic N) is 4. The number of aromatic nitrogens is 3. The van der Waals surface area contributed by atoms with Crippen LogP contribution in [-0.4, -0.2) is 20.1 Å². The number of aryl methyl sites for hydroxylation is 1. The summed E-state index contributed by atoms with van der Waals surface area (Å²) in [6, 6.07) is 12.2. The van der Waals surface area contributed by atoms with Crippen molar-refractivity contribution in [2.24, 2.45) is 0 Å². The van der Waals surface area contributed by atoms with Gasteiger partial charge in [0.05, 0.1) is 4.92 Å². The van der Waals surface area contributed by atoms with Gasteiger partial charge in [0.1, 0.15) is 15.7 Å². The molecule has 0 aliphatic heterocycles. The molecule has 2 heterocycles. The number of hydrogen-bond acceptors (Lipinski definition) is 7. The van der Waals surface area contributed by atoms with Crippen LogP contribution in [0.3, 0.4) is 0 Å². The van der Waals surface area contributed by atoms with Crippen molar-refractivity contribution in [2.75, 3.05) is 0 Å². The summed E-state index contributed by atoms with van der Waals surface area (Å²) in [6.07, 6.45) is 0. The van der Waals surface area contributed by atoms with Gasteiger partial charge in [-0.05, 0) is 24.8 Å². The van der Waals surface area contributed by atoms with Gasteiger partial charge in [0.2, 0.25) is 0 Å². The molecule has 8 heteroatoms. The molecule has 0 aliphatic carbocycles. The number of benzene rings is 1. The van der Waals surface area contributed by atoms with Crippen LogP contribution in [0.1, 0.15) is 5.01 Å². The van der Waals surface area contributed by atoms with Crippen molar-refractivity contribution in [1.29, 1.82) is 0 Å². The van der Waals surface area contributed by atoms with E-state index in [0.717, 1.165) is 9.35 Å². The van der Waals surface area contributed by atoms with Gasteiger partial charge in [-0.1, -0.05) is 41.7 Å². The minimum atomic E-state index is -0.418. The Morgan fingerprint density at radius 3 is 2.55 bits per heavy atom. The van der Waals surface area contributed by atoms with Gasteiger partial charge < -0.3 is 0 Å². The van der Waals surface area contributed by atoms with Crippen molar-refractivity contribution in [3.05, 3.63) is 57.6 Å². The number of nitro groups is 1. The summed E-state index contributed by atoms with van der Waals surface area (Å²) in [5.41, 5.74) is 1.06. The van der Waals surface area contributed by atoms with Crippen molar-refractivity contribution in [1.82, 2.24) is 15.2 Å². The second-order valence-corrected chi connectivity index (χ2v) is 6.78. The van der Waals surface area contributed by atoms with Crippen LogP contribution in [0.25, 0.3) is 11.3 Å². The molecule has 0 spiro atoms. The zero-order chi connectivity index (χ0) is 15.5. The van der Waals surface area contributed by atoms with Gasteiger partial charge in [0.15, 0.2) is 4.34 Å². The van der Waals surface area contributed by atoms with E-state index in [0.29, 0.717) is 16.3 Å². The van der Waals surface area contributed by atoms with E-state index in [1.807, 2.05) is 25.1 Å². The van der Waals surface area contributed by atoms with E-state index in [2.05, 4.69) is 15.2 Å². The van der Waals surface area contributed by atoms with E-state index >= 15 is 0 Å². The molecule has 6 nitrogen and oxygen atoms in total. The van der Waals surface area contributed by atoms with Crippen LogP contribution in [0.4, 0.5) is 5.69 Å². The molecular formula is C14H10N4O2S2. The molecule has 22 heavy (non-hydrogen) atoms. The molecule has 0 amide bonds. The minimum Gasteiger partial charge on any atom is -0.258 e. The van der Waals surface area contributed by atoms with Crippen LogP contribution in [0, 0.1) is 17.0 Å². The van der Waals surface area contributed by atoms with Crippen LogP contribution in [0.5, 0.6) is 0 Å². The minimum absolute atomic E-state index is 0.0102. The fraction of sp³-hybridized carbons (Fsp3) is 0.0714. The predicted octanol–water partition coefficient (Wildman–Crippen LogP) is 3.97. The lowest BCUT2D eigenvalue weighted by Crippen LogP contribution is -1.95. The molecule has 3 rings (SSSR count). The third-order valence-electron chi connectivity index (χ3n) is 2.79. The first-order valence-electron chi connectivity index (χ1n) is 6.32. The van der Waals surface area contributed by atoms with Crippen molar-refractivity contribution < 1.29 is 4.92 Å². The maximum Gasteiger partial charge on any atom is 0.295 e. The van der Waals surface area contributed by atoms with Crippen LogP contribution in [0.15, 0.2) is 51.8 Å². The Morgan fingerprint density at radius 1 is 1.14 bits per heavy atom. The highest BCUT2D eigenvalue weighted by Crippen LogP contribution is 2.34. The molecule has 0 unspecified atom stereocenters. The highest BCUT2D eigenvalue weighted by atomic mass is 32.2. The molecule has 0 bridgehead atoms. The molecule has 0 saturated carbocycles. The van der Waals surface area contributed by atoms with Gasteiger partial charge in [0.25, 0.3) is 5.69 Å². The molecule has 110 valence electrons. The van der Waals surface area contributed by atoms with E-state index in [-0.39, 0.29) is 5.69 Å². The zero-order valence-corrected chi connectivity index (χ0v) is 13.1. The van der Waals surface area contributed by atoms with Crippen LogP contribution < -0.4 is 0 Å². The average Bonchev–Trinajstić information content (AvgIpc) is 2.93. The van der Waals surface area contributed by atoms with E-state index in [1.54, 1.807) is 18.2 Å². The number of pyridine rings is 1. The van der Waals surface area contributed by atoms with Crippen molar-refractivity contribution in [3.63, 3.8) is 0 Å². The molecule has 1 aromatic carbocycles. The van der Waals surface area contributed by atoms with Crippen molar-refractivity contribution in [2.45, 2.75) is 16.3 Å². The third-order valence-corrected chi connectivity index (χ3v) is 4.62. The third kappa shape index (κ3) is 3.12. The Kier molecular flexibility index (Phi) is 4.12. The molecule has 0 atom stereocenters. The first-order chi connectivity index (χ1) is 10.6. The molecule has 0 N–H and O–H groups in total. The van der Waals surface area contributed by atoms with Gasteiger partial charge in [-0.3, -0.25) is 10.1 Å². The Balaban J connectivity index is 2.02. The summed E-state index contributed by atoms with van der Waals surface area (Å²) < 4.78 is 0.762. The molecule has 0 saturated heterocycles. The zero-order valence-electron chi connectivity index (χ0n) is 11.5. The molecule has 0 aliphatic rings. The Labute approximate surface area is 134 Å². The average molecular weight is 330 g/mol. The predicted molar refractivity (Wildman–Crippen MR) is 85.1 cm³/mol. The fourth-order valence-corrected chi connectivity index (χ4v) is 3.59. The van der Waals surface area contributed by atoms with E-state index in [1.165, 1.54) is 29.2 Å². The molecule has 2 aromatic heterocycles. The number of hydrogen-bond donors (Lipinski definition) is 0. The maximum absolute atomic E-state index is 11.2. The monoisotopic (exact) mass is 330 g/mol. The second kappa shape index (κ2) is 6.20. The van der Waals surface area contributed by atoms with Crippen molar-refractivity contribution in [3.8, 4) is 11.3 Å². The lowest BCUT2D eigenvalue weighted by Gasteiger charge is -2.04. The normalized spacial score (nSPS) is 10.6. The van der Waals surface area contributed by atoms with Gasteiger partial charge in [-0.25, -0.2) is 4.98 Å². The van der Waals surface area contributed by atoms with Gasteiger partial charge in [-0.15, -0.1) is 10.2 Å². The summed E-state index contributed by atoms with van der Waals surface area (Å²) in [4.78, 5) is 15.2. The lowest BCUT2D eigenvalue weighted by atomic mass is 10.1. The number of rotatable bonds is 4. The first kappa shape index (κ1) is 14.6. The highest BCUT2D eigenvalue weighted by Gasteiger charge is 2.18. The smallest absolute Gasteiger partial charge is 0.258 e. The maximum atomic E-state index is 11.2. The van der Waals surface area contributed by atoms with Crippen molar-refractivity contribution >= 4 is 28.8 Å². The standard InChI is InChI=1S/C14H10N4O2S2/c1-9-16-17-14(21-9)22-12-8-7-11(18(19)20)13(15-12)10-5-3-2-4-6-10/h2-8H,1H3. The highest BCUT2D eigenvalue weighted by molar-refractivity contribution is 8.01. The fourth-order valence-electron chi connectivity index (χ4n) is 1.86. The summed E-state index contributed by atoms with van der Waals surface area (Å²) in [7, 11) is 0. The molecular weight excluding hydrogens is 320 g/mol. The van der Waals surface area contributed by atoms with Gasteiger partial charge >= 0.3 is 0 Å². The molecule has 0 radical (unpaired) electrons. The summed E-state index contributed by atoms with van der Waals surface area (Å²) in [6.45, 7) is 1.88. The Morgan fingerprint density at radius 2 is 1.91 bits per heavy atom. The van der Waals surface area contributed by atoms with Gasteiger partial charge in [0, 0.05) is 11.6 Å². The van der Waals surface area contributed by atoms with E-state index < -0.39 is 4.92 Å². The summed E-state index contributed by atoms with van der Waals surface area (Å²) >= 11 is 2.81. The SMILES string of the molecule is Cc1nnc(Sc2ccc([N+](=O)[O-])c(-c3ccccc3)n2)s1. The van der Waals surface area contributed by atoms with E-state index in [4.69, 9.17) is 0 Å². The van der Waals surface area contributed by atoms with Crippen LogP contribution >= 0.6 is 23.1 Å². The van der Waals surface area contributed by atoms with E-state index in [9.17, 15) is 10.1 Å². The van der Waals surface area contributed by atoms with Crippen LogP contribution in [0.2, 0.25) is 0 Å². The topological polar surface area (TPSA) is 81.8 Å². The largest absolute Gasteiger partial charge is 0.295 e. The lowest BCUT2D eigenvalue weighted by molar-refractivity contribution is -0.384. The van der Waals surface area contributed by atoms with Gasteiger partial charge in [-0.2, -0.15) is 0 Å². The first-order valence-corrected chi connectivity index (χ1v) is 7.95. The second-order valence-electron chi connectivity index (χ2n) is 4.33. The Hall–Kier alpha value is -2.32. The summed E-state index contributed by atoms with van der Waals surface area (Å²) in [5, 5.41) is 20.7. The van der Waals surface area contributed by atoms with Crippen LogP contribution in [-0.2, 0) is 0 Å². The Bertz CT molecular complexity index is 821. The molecule has 0 fully saturated rings. The summed E-state index contributed by atoms with van der Waals surface area (Å²) in [5.74, 6) is 0. The quantitative estimate of drug-likeness (QED) is 0.532. The molecule has 3 aromatic rings.